The molecule has 0 spiro atoms. The van der Waals surface area contributed by atoms with E-state index in [-0.39, 0.29) is 21.8 Å². The third-order valence-electron chi connectivity index (χ3n) is 2.20. The summed E-state index contributed by atoms with van der Waals surface area (Å²) in [6.07, 6.45) is 0.398. The summed E-state index contributed by atoms with van der Waals surface area (Å²) in [6.45, 7) is 3.09. The van der Waals surface area contributed by atoms with E-state index in [0.717, 1.165) is 0 Å². The number of rotatable bonds is 4. The summed E-state index contributed by atoms with van der Waals surface area (Å²) in [5.41, 5.74) is 4.21. The molecule has 0 aliphatic rings. The number of hydrogen-bond donors (Lipinski definition) is 2. The van der Waals surface area contributed by atoms with E-state index < -0.39 is 11.3 Å². The number of halogens is 2. The lowest BCUT2D eigenvalue weighted by Gasteiger charge is -2.19. The van der Waals surface area contributed by atoms with Crippen molar-refractivity contribution in [2.24, 2.45) is 5.73 Å². The van der Waals surface area contributed by atoms with Crippen molar-refractivity contribution in [1.29, 1.82) is 0 Å². The highest BCUT2D eigenvalue weighted by Gasteiger charge is 2.32. The molecule has 0 radical (unpaired) electrons. The standard InChI is InChI=1S/C9H10Cl2N4O2/c1-9(2,7(12)17)8-14-5(10)4(13-3-16)6(11)15-8/h3H,1-2H3,(H2,12,17)(H,13,16). The molecule has 1 aromatic rings. The molecule has 0 saturated carbocycles. The molecule has 0 fully saturated rings. The Morgan fingerprint density at radius 1 is 1.35 bits per heavy atom. The first-order valence-corrected chi connectivity index (χ1v) is 5.30. The average Bonchev–Trinajstić information content (AvgIpc) is 2.22. The summed E-state index contributed by atoms with van der Waals surface area (Å²) < 4.78 is 0. The van der Waals surface area contributed by atoms with Crippen LogP contribution < -0.4 is 11.1 Å². The second kappa shape index (κ2) is 4.85. The first-order valence-electron chi connectivity index (χ1n) is 4.54. The fourth-order valence-corrected chi connectivity index (χ4v) is 1.47. The largest absolute Gasteiger partial charge is 0.369 e. The number of amides is 2. The molecule has 0 bridgehead atoms. The summed E-state index contributed by atoms with van der Waals surface area (Å²) in [5, 5.41) is 2.16. The average molecular weight is 277 g/mol. The van der Waals surface area contributed by atoms with Gasteiger partial charge in [0.05, 0.1) is 0 Å². The van der Waals surface area contributed by atoms with Crippen LogP contribution in [-0.2, 0) is 15.0 Å². The van der Waals surface area contributed by atoms with Gasteiger partial charge in [-0.2, -0.15) is 0 Å². The lowest BCUT2D eigenvalue weighted by atomic mass is 9.91. The van der Waals surface area contributed by atoms with Crippen LogP contribution in [0, 0.1) is 0 Å². The highest BCUT2D eigenvalue weighted by molar-refractivity contribution is 6.38. The second-order valence-electron chi connectivity index (χ2n) is 3.76. The summed E-state index contributed by atoms with van der Waals surface area (Å²) in [6, 6.07) is 0. The van der Waals surface area contributed by atoms with E-state index >= 15 is 0 Å². The number of hydrogen-bond acceptors (Lipinski definition) is 4. The van der Waals surface area contributed by atoms with Gasteiger partial charge in [0.1, 0.15) is 16.9 Å². The van der Waals surface area contributed by atoms with Crippen LogP contribution in [0.2, 0.25) is 10.3 Å². The monoisotopic (exact) mass is 276 g/mol. The lowest BCUT2D eigenvalue weighted by molar-refractivity contribution is -0.122. The molecule has 3 N–H and O–H groups in total. The molecule has 0 atom stereocenters. The van der Waals surface area contributed by atoms with Crippen molar-refractivity contribution in [3.8, 4) is 0 Å². The van der Waals surface area contributed by atoms with Gasteiger partial charge in [-0.1, -0.05) is 23.2 Å². The molecular weight excluding hydrogens is 267 g/mol. The van der Waals surface area contributed by atoms with Gasteiger partial charge in [0, 0.05) is 0 Å². The SMILES string of the molecule is CC(C)(C(N)=O)c1nc(Cl)c(NC=O)c(Cl)n1. The highest BCUT2D eigenvalue weighted by atomic mass is 35.5. The Morgan fingerprint density at radius 3 is 2.18 bits per heavy atom. The Bertz CT molecular complexity index is 453. The lowest BCUT2D eigenvalue weighted by Crippen LogP contribution is -2.37. The minimum absolute atomic E-state index is 0.0542. The van der Waals surface area contributed by atoms with Crippen molar-refractivity contribution >= 4 is 41.2 Å². The van der Waals surface area contributed by atoms with Gasteiger partial charge in [0.25, 0.3) is 0 Å². The zero-order valence-electron chi connectivity index (χ0n) is 9.12. The van der Waals surface area contributed by atoms with Gasteiger partial charge in [-0.25, -0.2) is 9.97 Å². The minimum Gasteiger partial charge on any atom is -0.369 e. The normalized spacial score (nSPS) is 11.1. The molecule has 0 saturated heterocycles. The Labute approximate surface area is 108 Å². The smallest absolute Gasteiger partial charge is 0.230 e. The fraction of sp³-hybridized carbons (Fsp3) is 0.333. The zero-order valence-corrected chi connectivity index (χ0v) is 10.6. The Kier molecular flexibility index (Phi) is 3.90. The predicted molar refractivity (Wildman–Crippen MR) is 64.0 cm³/mol. The van der Waals surface area contributed by atoms with Crippen LogP contribution in [0.1, 0.15) is 19.7 Å². The minimum atomic E-state index is -1.10. The van der Waals surface area contributed by atoms with Gasteiger partial charge in [0.15, 0.2) is 10.3 Å². The van der Waals surface area contributed by atoms with Crippen molar-refractivity contribution in [2.45, 2.75) is 19.3 Å². The molecular formula is C9H10Cl2N4O2. The molecule has 0 aromatic carbocycles. The van der Waals surface area contributed by atoms with Crippen molar-refractivity contribution < 1.29 is 9.59 Å². The number of primary amides is 1. The third kappa shape index (κ3) is 2.65. The van der Waals surface area contributed by atoms with Crippen molar-refractivity contribution in [2.75, 3.05) is 5.32 Å². The van der Waals surface area contributed by atoms with Crippen LogP contribution in [0.5, 0.6) is 0 Å². The van der Waals surface area contributed by atoms with Gasteiger partial charge in [0.2, 0.25) is 12.3 Å². The van der Waals surface area contributed by atoms with E-state index in [9.17, 15) is 9.59 Å². The van der Waals surface area contributed by atoms with Crippen LogP contribution >= 0.6 is 23.2 Å². The van der Waals surface area contributed by atoms with Crippen molar-refractivity contribution in [1.82, 2.24) is 9.97 Å². The topological polar surface area (TPSA) is 98.0 Å². The predicted octanol–water partition coefficient (Wildman–Crippen LogP) is 1.11. The van der Waals surface area contributed by atoms with E-state index in [1.54, 1.807) is 13.8 Å². The van der Waals surface area contributed by atoms with Crippen LogP contribution in [0.15, 0.2) is 0 Å². The molecule has 17 heavy (non-hydrogen) atoms. The third-order valence-corrected chi connectivity index (χ3v) is 2.75. The van der Waals surface area contributed by atoms with E-state index in [0.29, 0.717) is 6.41 Å². The number of nitrogens with zero attached hydrogens (tertiary/aromatic N) is 2. The van der Waals surface area contributed by atoms with Gasteiger partial charge in [-0.3, -0.25) is 9.59 Å². The number of carbonyl (C=O) groups is 2. The van der Waals surface area contributed by atoms with Crippen LogP contribution in [-0.4, -0.2) is 22.3 Å². The van der Waals surface area contributed by atoms with Gasteiger partial charge in [-0.15, -0.1) is 0 Å². The molecule has 0 aliphatic heterocycles. The summed E-state index contributed by atoms with van der Waals surface area (Å²) in [4.78, 5) is 29.3. The first kappa shape index (κ1) is 13.7. The molecule has 8 heteroatoms. The number of anilines is 1. The number of nitrogens with two attached hydrogens (primary N) is 1. The maximum absolute atomic E-state index is 11.2. The Balaban J connectivity index is 3.32. The molecule has 1 aromatic heterocycles. The van der Waals surface area contributed by atoms with Gasteiger partial charge < -0.3 is 11.1 Å². The van der Waals surface area contributed by atoms with E-state index in [1.807, 2.05) is 0 Å². The maximum Gasteiger partial charge on any atom is 0.230 e. The fourth-order valence-electron chi connectivity index (χ4n) is 0.976. The molecule has 1 heterocycles. The number of nitrogens with one attached hydrogen (secondary N) is 1. The maximum atomic E-state index is 11.2. The molecule has 2 amide bonds. The van der Waals surface area contributed by atoms with E-state index in [4.69, 9.17) is 28.9 Å². The summed E-state index contributed by atoms with van der Waals surface area (Å²) in [5.74, 6) is -0.517. The second-order valence-corrected chi connectivity index (χ2v) is 4.47. The van der Waals surface area contributed by atoms with Crippen molar-refractivity contribution in [3.05, 3.63) is 16.1 Å². The highest BCUT2D eigenvalue weighted by Crippen LogP contribution is 2.30. The van der Waals surface area contributed by atoms with E-state index in [2.05, 4.69) is 15.3 Å². The number of carbonyl (C=O) groups excluding carboxylic acids is 2. The van der Waals surface area contributed by atoms with Crippen LogP contribution in [0.4, 0.5) is 5.69 Å². The quantitative estimate of drug-likeness (QED) is 0.636. The number of aromatic nitrogens is 2. The summed E-state index contributed by atoms with van der Waals surface area (Å²) >= 11 is 11.6. The van der Waals surface area contributed by atoms with E-state index in [1.165, 1.54) is 0 Å². The molecule has 0 aliphatic carbocycles. The Morgan fingerprint density at radius 2 is 1.82 bits per heavy atom. The summed E-state index contributed by atoms with van der Waals surface area (Å²) in [7, 11) is 0. The molecule has 92 valence electrons. The molecule has 6 nitrogen and oxygen atoms in total. The van der Waals surface area contributed by atoms with Crippen LogP contribution in [0.25, 0.3) is 0 Å². The first-order chi connectivity index (χ1) is 7.80. The zero-order chi connectivity index (χ0) is 13.2. The van der Waals surface area contributed by atoms with Gasteiger partial charge >= 0.3 is 0 Å². The molecule has 1 rings (SSSR count). The molecule has 0 unspecified atom stereocenters. The Hall–Kier alpha value is -1.40. The van der Waals surface area contributed by atoms with Gasteiger partial charge in [-0.05, 0) is 13.8 Å². The van der Waals surface area contributed by atoms with Crippen molar-refractivity contribution in [3.63, 3.8) is 0 Å². The van der Waals surface area contributed by atoms with Crippen LogP contribution in [0.3, 0.4) is 0 Å².